The molecule has 1 aromatic carbocycles. The van der Waals surface area contributed by atoms with Crippen molar-refractivity contribution >= 4 is 24.3 Å². The number of thiol groups is 1. The first-order chi connectivity index (χ1) is 7.28. The maximum Gasteiger partial charge on any atom is 0.310 e. The van der Waals surface area contributed by atoms with E-state index < -0.39 is 5.60 Å². The smallest absolute Gasteiger partial charge is 0.310 e. The van der Waals surface area contributed by atoms with Crippen LogP contribution in [0.2, 0.25) is 0 Å². The number of nitrogens with two attached hydrogens (primary N) is 1. The van der Waals surface area contributed by atoms with Crippen LogP contribution in [0.15, 0.2) is 23.1 Å². The third-order valence-electron chi connectivity index (χ3n) is 1.86. The van der Waals surface area contributed by atoms with Crippen LogP contribution >= 0.6 is 12.6 Å². The van der Waals surface area contributed by atoms with Crippen LogP contribution in [-0.2, 0) is 16.0 Å². The Bertz CT molecular complexity index is 396. The summed E-state index contributed by atoms with van der Waals surface area (Å²) in [6, 6.07) is 5.34. The number of carbonyl (C=O) groups is 1. The number of hydrogen-bond donors (Lipinski definition) is 2. The summed E-state index contributed by atoms with van der Waals surface area (Å²) in [5, 5.41) is 0. The molecule has 0 fully saturated rings. The lowest BCUT2D eigenvalue weighted by Gasteiger charge is -2.19. The van der Waals surface area contributed by atoms with Crippen LogP contribution in [0.25, 0.3) is 0 Å². The Morgan fingerprint density at radius 3 is 2.56 bits per heavy atom. The molecule has 2 N–H and O–H groups in total. The normalized spacial score (nSPS) is 11.2. The van der Waals surface area contributed by atoms with Crippen LogP contribution < -0.4 is 5.73 Å². The second-order valence-electron chi connectivity index (χ2n) is 4.66. The van der Waals surface area contributed by atoms with E-state index in [1.807, 2.05) is 26.8 Å². The van der Waals surface area contributed by atoms with E-state index in [1.165, 1.54) is 0 Å². The van der Waals surface area contributed by atoms with Crippen LogP contribution in [0.3, 0.4) is 0 Å². The van der Waals surface area contributed by atoms with Crippen LogP contribution in [0.1, 0.15) is 26.3 Å². The van der Waals surface area contributed by atoms with Gasteiger partial charge in [0.15, 0.2) is 0 Å². The second-order valence-corrected chi connectivity index (χ2v) is 5.14. The van der Waals surface area contributed by atoms with E-state index in [9.17, 15) is 4.79 Å². The molecule has 0 saturated heterocycles. The lowest BCUT2D eigenvalue weighted by molar-refractivity contribution is -0.153. The van der Waals surface area contributed by atoms with Crippen molar-refractivity contribution in [2.45, 2.75) is 37.7 Å². The van der Waals surface area contributed by atoms with Gasteiger partial charge in [-0.3, -0.25) is 4.79 Å². The van der Waals surface area contributed by atoms with Crippen molar-refractivity contribution in [2.24, 2.45) is 0 Å². The largest absolute Gasteiger partial charge is 0.460 e. The third-order valence-corrected chi connectivity index (χ3v) is 2.27. The van der Waals surface area contributed by atoms with E-state index in [-0.39, 0.29) is 12.4 Å². The predicted molar refractivity (Wildman–Crippen MR) is 67.7 cm³/mol. The van der Waals surface area contributed by atoms with E-state index in [4.69, 9.17) is 10.5 Å². The van der Waals surface area contributed by atoms with Crippen molar-refractivity contribution in [1.29, 1.82) is 0 Å². The zero-order valence-corrected chi connectivity index (χ0v) is 10.7. The molecule has 0 aliphatic rings. The predicted octanol–water partition coefficient (Wildman–Crippen LogP) is 2.44. The van der Waals surface area contributed by atoms with Crippen molar-refractivity contribution < 1.29 is 9.53 Å². The highest BCUT2D eigenvalue weighted by atomic mass is 32.1. The van der Waals surface area contributed by atoms with Crippen LogP contribution in [0.5, 0.6) is 0 Å². The minimum atomic E-state index is -0.452. The van der Waals surface area contributed by atoms with Gasteiger partial charge in [0.25, 0.3) is 0 Å². The van der Waals surface area contributed by atoms with Crippen LogP contribution in [-0.4, -0.2) is 11.6 Å². The fourth-order valence-corrected chi connectivity index (χ4v) is 1.40. The molecule has 0 aromatic heterocycles. The molecule has 0 unspecified atom stereocenters. The number of rotatable bonds is 2. The molecule has 3 nitrogen and oxygen atoms in total. The minimum absolute atomic E-state index is 0.232. The highest BCUT2D eigenvalue weighted by molar-refractivity contribution is 7.80. The summed E-state index contributed by atoms with van der Waals surface area (Å²) in [7, 11) is 0. The molecule has 0 heterocycles. The van der Waals surface area contributed by atoms with Gasteiger partial charge in [0.2, 0.25) is 0 Å². The molecule has 88 valence electrons. The Morgan fingerprint density at radius 2 is 2.06 bits per heavy atom. The van der Waals surface area contributed by atoms with Crippen molar-refractivity contribution in [2.75, 3.05) is 5.73 Å². The second kappa shape index (κ2) is 4.78. The zero-order valence-electron chi connectivity index (χ0n) is 9.78. The lowest BCUT2D eigenvalue weighted by Crippen LogP contribution is -2.24. The van der Waals surface area contributed by atoms with E-state index in [2.05, 4.69) is 12.6 Å². The van der Waals surface area contributed by atoms with Crippen molar-refractivity contribution in [3.63, 3.8) is 0 Å². The number of ether oxygens (including phenoxy) is 1. The summed E-state index contributed by atoms with van der Waals surface area (Å²) in [4.78, 5) is 12.3. The number of anilines is 1. The summed E-state index contributed by atoms with van der Waals surface area (Å²) in [5.41, 5.74) is 6.65. The molecule has 0 amide bonds. The van der Waals surface area contributed by atoms with Gasteiger partial charge in [-0.15, -0.1) is 12.6 Å². The number of hydrogen-bond acceptors (Lipinski definition) is 4. The van der Waals surface area contributed by atoms with E-state index in [1.54, 1.807) is 12.1 Å². The number of benzene rings is 1. The number of esters is 1. The van der Waals surface area contributed by atoms with Crippen LogP contribution in [0.4, 0.5) is 5.69 Å². The number of nitrogen functional groups attached to an aromatic ring is 1. The molecule has 0 spiro atoms. The Morgan fingerprint density at radius 1 is 1.44 bits per heavy atom. The lowest BCUT2D eigenvalue weighted by atomic mass is 10.1. The van der Waals surface area contributed by atoms with Gasteiger partial charge < -0.3 is 10.5 Å². The highest BCUT2D eigenvalue weighted by Crippen LogP contribution is 2.18. The molecule has 0 saturated carbocycles. The van der Waals surface area contributed by atoms with Gasteiger partial charge in [0.1, 0.15) is 5.60 Å². The monoisotopic (exact) mass is 239 g/mol. The van der Waals surface area contributed by atoms with E-state index in [0.29, 0.717) is 10.6 Å². The molecule has 4 heteroatoms. The van der Waals surface area contributed by atoms with Gasteiger partial charge in [-0.05, 0) is 38.5 Å². The maximum absolute atomic E-state index is 11.5. The summed E-state index contributed by atoms with van der Waals surface area (Å²) < 4.78 is 5.21. The van der Waals surface area contributed by atoms with Gasteiger partial charge in [-0.1, -0.05) is 6.07 Å². The Hall–Kier alpha value is -1.16. The molecular formula is C12H17NO2S. The van der Waals surface area contributed by atoms with Gasteiger partial charge in [0, 0.05) is 10.6 Å². The van der Waals surface area contributed by atoms with Gasteiger partial charge in [0.05, 0.1) is 6.42 Å². The van der Waals surface area contributed by atoms with Crippen LogP contribution in [0, 0.1) is 0 Å². The van der Waals surface area contributed by atoms with Gasteiger partial charge in [-0.2, -0.15) is 0 Å². The maximum atomic E-state index is 11.5. The first-order valence-corrected chi connectivity index (χ1v) is 5.52. The first-order valence-electron chi connectivity index (χ1n) is 5.07. The quantitative estimate of drug-likeness (QED) is 0.473. The molecule has 1 rings (SSSR count). The molecule has 0 bridgehead atoms. The summed E-state index contributed by atoms with van der Waals surface area (Å²) in [6.07, 6.45) is 0.232. The highest BCUT2D eigenvalue weighted by Gasteiger charge is 2.16. The Kier molecular flexibility index (Phi) is 3.86. The Balaban J connectivity index is 2.67. The summed E-state index contributed by atoms with van der Waals surface area (Å²) >= 11 is 4.16. The zero-order chi connectivity index (χ0) is 12.3. The molecule has 0 atom stereocenters. The molecule has 0 radical (unpaired) electrons. The summed E-state index contributed by atoms with van der Waals surface area (Å²) in [5.74, 6) is -0.251. The fraction of sp³-hybridized carbons (Fsp3) is 0.417. The van der Waals surface area contributed by atoms with Gasteiger partial charge >= 0.3 is 5.97 Å². The third kappa shape index (κ3) is 4.14. The molecule has 0 aliphatic carbocycles. The molecular weight excluding hydrogens is 222 g/mol. The average Bonchev–Trinajstić information content (AvgIpc) is 2.08. The molecule has 16 heavy (non-hydrogen) atoms. The number of carbonyl (C=O) groups excluding carboxylic acids is 1. The first kappa shape index (κ1) is 12.9. The minimum Gasteiger partial charge on any atom is -0.460 e. The molecule has 0 aliphatic heterocycles. The van der Waals surface area contributed by atoms with E-state index in [0.717, 1.165) is 5.56 Å². The van der Waals surface area contributed by atoms with Crippen molar-refractivity contribution in [3.8, 4) is 0 Å². The fourth-order valence-electron chi connectivity index (χ4n) is 1.26. The standard InChI is InChI=1S/C12H17NO2S/c1-12(2,3)15-11(14)7-8-4-5-10(16)9(13)6-8/h4-6,16H,7,13H2,1-3H3. The average molecular weight is 239 g/mol. The Labute approximate surface area is 101 Å². The topological polar surface area (TPSA) is 52.3 Å². The van der Waals surface area contributed by atoms with Gasteiger partial charge in [-0.25, -0.2) is 0 Å². The van der Waals surface area contributed by atoms with Crippen molar-refractivity contribution in [1.82, 2.24) is 0 Å². The van der Waals surface area contributed by atoms with E-state index >= 15 is 0 Å². The SMILES string of the molecule is CC(C)(C)OC(=O)Cc1ccc(S)c(N)c1. The molecule has 1 aromatic rings. The summed E-state index contributed by atoms with van der Waals surface area (Å²) in [6.45, 7) is 5.53. The van der Waals surface area contributed by atoms with Crippen molar-refractivity contribution in [3.05, 3.63) is 23.8 Å².